The third kappa shape index (κ3) is 4.80. The van der Waals surface area contributed by atoms with Crippen LogP contribution >= 0.6 is 23.1 Å². The van der Waals surface area contributed by atoms with Gasteiger partial charge in [-0.3, -0.25) is 9.36 Å². The molecule has 0 radical (unpaired) electrons. The van der Waals surface area contributed by atoms with Crippen LogP contribution in [0.3, 0.4) is 0 Å². The van der Waals surface area contributed by atoms with E-state index < -0.39 is 11.6 Å². The van der Waals surface area contributed by atoms with E-state index in [9.17, 15) is 13.6 Å². The Balaban J connectivity index is 1.43. The van der Waals surface area contributed by atoms with E-state index in [0.29, 0.717) is 10.3 Å². The number of aryl methyl sites for hydroxylation is 2. The second-order valence-corrected chi connectivity index (χ2v) is 8.50. The largest absolute Gasteiger partial charge is 0.301 e. The Hall–Kier alpha value is -3.11. The number of rotatable bonds is 6. The number of halogens is 2. The van der Waals surface area contributed by atoms with Crippen LogP contribution in [0.15, 0.2) is 53.0 Å². The van der Waals surface area contributed by atoms with Gasteiger partial charge in [0.2, 0.25) is 5.91 Å². The maximum atomic E-state index is 13.9. The Morgan fingerprint density at radius 2 is 2.00 bits per heavy atom. The van der Waals surface area contributed by atoms with Crippen LogP contribution in [0, 0.1) is 25.5 Å². The molecule has 0 atom stereocenters. The van der Waals surface area contributed by atoms with Crippen LogP contribution in [0.25, 0.3) is 16.9 Å². The molecule has 1 N–H and O–H groups in total. The maximum Gasteiger partial charge on any atom is 0.236 e. The number of nitrogens with one attached hydrogen (secondary N) is 1. The molecule has 10 heteroatoms. The fourth-order valence-electron chi connectivity index (χ4n) is 2.93. The van der Waals surface area contributed by atoms with Gasteiger partial charge in [-0.1, -0.05) is 23.9 Å². The third-order valence-electron chi connectivity index (χ3n) is 4.34. The molecule has 0 aliphatic rings. The summed E-state index contributed by atoms with van der Waals surface area (Å²) in [5.74, 6) is -0.615. The van der Waals surface area contributed by atoms with Gasteiger partial charge in [0.25, 0.3) is 0 Å². The Morgan fingerprint density at radius 1 is 1.16 bits per heavy atom. The minimum absolute atomic E-state index is 0.0489. The SMILES string of the molecule is Cc1cccc(-n2c(C)nnc2SCC(=O)Nc2nc(-c3cc(F)ccc3F)cs2)c1. The molecule has 0 aliphatic heterocycles. The lowest BCUT2D eigenvalue weighted by atomic mass is 10.1. The molecule has 0 bridgehead atoms. The van der Waals surface area contributed by atoms with Crippen molar-refractivity contribution in [1.82, 2.24) is 19.7 Å². The highest BCUT2D eigenvalue weighted by atomic mass is 32.2. The van der Waals surface area contributed by atoms with Crippen molar-refractivity contribution in [2.45, 2.75) is 19.0 Å². The van der Waals surface area contributed by atoms with Gasteiger partial charge in [-0.2, -0.15) is 0 Å². The molecular formula is C21H17F2N5OS2. The van der Waals surface area contributed by atoms with Crippen LogP contribution in [-0.2, 0) is 4.79 Å². The first-order chi connectivity index (χ1) is 14.9. The Labute approximate surface area is 185 Å². The fourth-order valence-corrected chi connectivity index (χ4v) is 4.46. The van der Waals surface area contributed by atoms with Gasteiger partial charge in [0.05, 0.1) is 11.4 Å². The van der Waals surface area contributed by atoms with Gasteiger partial charge < -0.3 is 5.32 Å². The minimum Gasteiger partial charge on any atom is -0.301 e. The molecule has 31 heavy (non-hydrogen) atoms. The molecule has 0 spiro atoms. The van der Waals surface area contributed by atoms with Crippen LogP contribution in [0.5, 0.6) is 0 Å². The number of anilines is 1. The van der Waals surface area contributed by atoms with Crippen molar-refractivity contribution in [3.63, 3.8) is 0 Å². The molecule has 6 nitrogen and oxygen atoms in total. The Kier molecular flexibility index (Phi) is 6.10. The number of nitrogens with zero attached hydrogens (tertiary/aromatic N) is 4. The Morgan fingerprint density at radius 3 is 2.81 bits per heavy atom. The van der Waals surface area contributed by atoms with Crippen LogP contribution in [0.1, 0.15) is 11.4 Å². The number of aromatic nitrogens is 4. The second kappa shape index (κ2) is 8.94. The number of carbonyl (C=O) groups excluding carboxylic acids is 1. The minimum atomic E-state index is -0.578. The first-order valence-electron chi connectivity index (χ1n) is 9.23. The lowest BCUT2D eigenvalue weighted by molar-refractivity contribution is -0.113. The highest BCUT2D eigenvalue weighted by molar-refractivity contribution is 7.99. The van der Waals surface area contributed by atoms with E-state index in [2.05, 4.69) is 20.5 Å². The number of carbonyl (C=O) groups is 1. The lowest BCUT2D eigenvalue weighted by Gasteiger charge is -2.09. The van der Waals surface area contributed by atoms with Crippen molar-refractivity contribution in [1.29, 1.82) is 0 Å². The van der Waals surface area contributed by atoms with Crippen LogP contribution in [0.2, 0.25) is 0 Å². The summed E-state index contributed by atoms with van der Waals surface area (Å²) in [6.45, 7) is 3.85. The molecule has 2 aromatic heterocycles. The molecule has 0 saturated heterocycles. The van der Waals surface area contributed by atoms with Gasteiger partial charge >= 0.3 is 0 Å². The number of amides is 1. The Bertz CT molecular complexity index is 1250. The van der Waals surface area contributed by atoms with Crippen LogP contribution in [-0.4, -0.2) is 31.4 Å². The number of thioether (sulfide) groups is 1. The molecule has 4 aromatic rings. The summed E-state index contributed by atoms with van der Waals surface area (Å²) in [6.07, 6.45) is 0. The van der Waals surface area contributed by atoms with Crippen molar-refractivity contribution in [3.8, 4) is 16.9 Å². The second-order valence-electron chi connectivity index (χ2n) is 6.70. The quantitative estimate of drug-likeness (QED) is 0.412. The summed E-state index contributed by atoms with van der Waals surface area (Å²) in [4.78, 5) is 16.6. The van der Waals surface area contributed by atoms with Gasteiger partial charge in [-0.15, -0.1) is 21.5 Å². The molecule has 1 amide bonds. The van der Waals surface area contributed by atoms with Gasteiger partial charge in [0.1, 0.15) is 17.5 Å². The topological polar surface area (TPSA) is 72.7 Å². The van der Waals surface area contributed by atoms with Crippen molar-refractivity contribution >= 4 is 34.1 Å². The zero-order valence-corrected chi connectivity index (χ0v) is 18.2. The van der Waals surface area contributed by atoms with E-state index in [0.717, 1.165) is 46.6 Å². The van der Waals surface area contributed by atoms with Crippen molar-refractivity contribution < 1.29 is 13.6 Å². The highest BCUT2D eigenvalue weighted by Gasteiger charge is 2.15. The van der Waals surface area contributed by atoms with Crippen molar-refractivity contribution in [3.05, 3.63) is 70.9 Å². The van der Waals surface area contributed by atoms with Gasteiger partial charge in [0, 0.05) is 16.6 Å². The first kappa shape index (κ1) is 21.1. The summed E-state index contributed by atoms with van der Waals surface area (Å²) in [5.41, 5.74) is 2.34. The predicted molar refractivity (Wildman–Crippen MR) is 118 cm³/mol. The number of hydrogen-bond acceptors (Lipinski definition) is 6. The number of thiazole rings is 1. The van der Waals surface area contributed by atoms with Crippen LogP contribution in [0.4, 0.5) is 13.9 Å². The summed E-state index contributed by atoms with van der Waals surface area (Å²) in [6, 6.07) is 11.1. The highest BCUT2D eigenvalue weighted by Crippen LogP contribution is 2.28. The van der Waals surface area contributed by atoms with Gasteiger partial charge in [0.15, 0.2) is 10.3 Å². The summed E-state index contributed by atoms with van der Waals surface area (Å²) < 4.78 is 29.2. The molecular weight excluding hydrogens is 440 g/mol. The van der Waals surface area contributed by atoms with E-state index in [-0.39, 0.29) is 22.9 Å². The van der Waals surface area contributed by atoms with E-state index >= 15 is 0 Å². The normalized spacial score (nSPS) is 11.0. The van der Waals surface area contributed by atoms with Crippen molar-refractivity contribution in [2.75, 3.05) is 11.1 Å². The number of benzene rings is 2. The molecule has 0 unspecified atom stereocenters. The molecule has 0 fully saturated rings. The smallest absolute Gasteiger partial charge is 0.236 e. The van der Waals surface area contributed by atoms with E-state index in [4.69, 9.17) is 0 Å². The summed E-state index contributed by atoms with van der Waals surface area (Å²) >= 11 is 2.39. The average Bonchev–Trinajstić information content (AvgIpc) is 3.34. The molecule has 0 aliphatic carbocycles. The summed E-state index contributed by atoms with van der Waals surface area (Å²) in [7, 11) is 0. The van der Waals surface area contributed by atoms with Gasteiger partial charge in [-0.25, -0.2) is 13.8 Å². The molecule has 4 rings (SSSR count). The first-order valence-corrected chi connectivity index (χ1v) is 11.1. The molecule has 0 saturated carbocycles. The zero-order chi connectivity index (χ0) is 22.0. The summed E-state index contributed by atoms with van der Waals surface area (Å²) in [5, 5.41) is 13.4. The number of hydrogen-bond donors (Lipinski definition) is 1. The van der Waals surface area contributed by atoms with Gasteiger partial charge in [-0.05, 0) is 49.7 Å². The van der Waals surface area contributed by atoms with E-state index in [1.54, 1.807) is 5.38 Å². The maximum absolute atomic E-state index is 13.9. The average molecular weight is 458 g/mol. The van der Waals surface area contributed by atoms with E-state index in [1.807, 2.05) is 42.7 Å². The molecule has 2 heterocycles. The lowest BCUT2D eigenvalue weighted by Crippen LogP contribution is -2.14. The molecule has 158 valence electrons. The third-order valence-corrected chi connectivity index (χ3v) is 6.03. The molecule has 2 aromatic carbocycles. The van der Waals surface area contributed by atoms with Crippen molar-refractivity contribution in [2.24, 2.45) is 0 Å². The van der Waals surface area contributed by atoms with E-state index in [1.165, 1.54) is 11.8 Å². The predicted octanol–water partition coefficient (Wildman–Crippen LogP) is 5.02. The zero-order valence-electron chi connectivity index (χ0n) is 16.6. The monoisotopic (exact) mass is 457 g/mol. The standard InChI is InChI=1S/C21H17F2N5OS2/c1-12-4-3-5-15(8-12)28-13(2)26-27-21(28)31-11-19(29)25-20-24-18(10-30-20)16-9-14(22)6-7-17(16)23/h3-10H,11H2,1-2H3,(H,24,25,29). The fraction of sp³-hybridized carbons (Fsp3) is 0.143. The van der Waals surface area contributed by atoms with Crippen LogP contribution < -0.4 is 5.32 Å².